The average molecular weight is 305 g/mol. The Hall–Kier alpha value is -2.14. The first-order valence-corrected chi connectivity index (χ1v) is 7.18. The molecular weight excluding hydrogens is 285 g/mol. The van der Waals surface area contributed by atoms with Gasteiger partial charge >= 0.3 is 0 Å². The fourth-order valence-corrected chi connectivity index (χ4v) is 2.12. The van der Waals surface area contributed by atoms with Crippen LogP contribution in [0.25, 0.3) is 0 Å². The third kappa shape index (κ3) is 4.18. The Morgan fingerprint density at radius 3 is 2.68 bits per heavy atom. The van der Waals surface area contributed by atoms with Crippen LogP contribution in [0.15, 0.2) is 40.8 Å². The lowest BCUT2D eigenvalue weighted by Gasteiger charge is -2.21. The van der Waals surface area contributed by atoms with E-state index >= 15 is 0 Å². The lowest BCUT2D eigenvalue weighted by molar-refractivity contribution is -0.122. The second-order valence-corrected chi connectivity index (χ2v) is 5.55. The third-order valence-electron chi connectivity index (χ3n) is 3.48. The zero-order valence-electron chi connectivity index (χ0n) is 12.7. The fourth-order valence-electron chi connectivity index (χ4n) is 2.12. The van der Waals surface area contributed by atoms with Gasteiger partial charge in [-0.1, -0.05) is 18.2 Å². The van der Waals surface area contributed by atoms with Gasteiger partial charge in [0.1, 0.15) is 22.9 Å². The zero-order chi connectivity index (χ0) is 16.2. The van der Waals surface area contributed by atoms with Gasteiger partial charge in [0, 0.05) is 6.42 Å². The molecule has 118 valence electrons. The summed E-state index contributed by atoms with van der Waals surface area (Å²) in [5.41, 5.74) is -0.770. The molecule has 0 aliphatic carbocycles. The summed E-state index contributed by atoms with van der Waals surface area (Å²) >= 11 is 0. The second-order valence-electron chi connectivity index (χ2n) is 5.55. The molecule has 4 nitrogen and oxygen atoms in total. The lowest BCUT2D eigenvalue weighted by Crippen LogP contribution is -2.38. The van der Waals surface area contributed by atoms with Crippen molar-refractivity contribution in [3.8, 4) is 0 Å². The molecular formula is C17H20FNO3. The van der Waals surface area contributed by atoms with Crippen LogP contribution in [-0.2, 0) is 16.8 Å². The first-order chi connectivity index (χ1) is 10.4. The van der Waals surface area contributed by atoms with E-state index in [2.05, 4.69) is 5.32 Å². The number of benzene rings is 1. The molecule has 1 atom stereocenters. The molecule has 1 heterocycles. The highest BCUT2D eigenvalue weighted by molar-refractivity contribution is 5.76. The molecule has 5 heteroatoms. The molecule has 2 rings (SSSR count). The highest BCUT2D eigenvalue weighted by atomic mass is 19.1. The van der Waals surface area contributed by atoms with Crippen LogP contribution in [0.2, 0.25) is 0 Å². The van der Waals surface area contributed by atoms with Gasteiger partial charge in [-0.3, -0.25) is 4.79 Å². The summed E-state index contributed by atoms with van der Waals surface area (Å²) in [5.74, 6) is 0.542. The summed E-state index contributed by atoms with van der Waals surface area (Å²) < 4.78 is 18.8. The molecule has 1 unspecified atom stereocenters. The van der Waals surface area contributed by atoms with E-state index in [1.54, 1.807) is 44.2 Å². The zero-order valence-corrected chi connectivity index (χ0v) is 12.7. The maximum Gasteiger partial charge on any atom is 0.220 e. The molecule has 1 aromatic carbocycles. The van der Waals surface area contributed by atoms with Gasteiger partial charge in [0.2, 0.25) is 5.91 Å². The standard InChI is InChI=1S/C17H20FNO3/c1-12-7-9-15(22-12)17(2,21)11-19-16(20)10-8-13-5-3-4-6-14(13)18/h3-7,9,21H,8,10-11H2,1-2H3,(H,19,20). The molecule has 0 aliphatic rings. The number of carbonyl (C=O) groups excluding carboxylic acids is 1. The normalized spacial score (nSPS) is 13.6. The van der Waals surface area contributed by atoms with Gasteiger partial charge in [-0.15, -0.1) is 0 Å². The van der Waals surface area contributed by atoms with Crippen molar-refractivity contribution in [2.24, 2.45) is 0 Å². The number of aryl methyl sites for hydroxylation is 2. The second kappa shape index (κ2) is 6.75. The minimum atomic E-state index is -1.28. The summed E-state index contributed by atoms with van der Waals surface area (Å²) in [6.45, 7) is 3.39. The Morgan fingerprint density at radius 1 is 1.32 bits per heavy atom. The molecule has 0 saturated heterocycles. The molecule has 0 spiro atoms. The molecule has 0 bridgehead atoms. The van der Waals surface area contributed by atoms with Crippen molar-refractivity contribution in [2.75, 3.05) is 6.54 Å². The lowest BCUT2D eigenvalue weighted by atomic mass is 10.0. The van der Waals surface area contributed by atoms with Crippen molar-refractivity contribution >= 4 is 5.91 Å². The predicted molar refractivity (Wildman–Crippen MR) is 80.7 cm³/mol. The topological polar surface area (TPSA) is 62.5 Å². The number of nitrogens with one attached hydrogen (secondary N) is 1. The van der Waals surface area contributed by atoms with E-state index in [0.717, 1.165) is 0 Å². The van der Waals surface area contributed by atoms with Crippen molar-refractivity contribution in [2.45, 2.75) is 32.3 Å². The number of hydrogen-bond donors (Lipinski definition) is 2. The van der Waals surface area contributed by atoms with Crippen LogP contribution in [0.4, 0.5) is 4.39 Å². The van der Waals surface area contributed by atoms with E-state index < -0.39 is 5.60 Å². The number of aliphatic hydroxyl groups is 1. The SMILES string of the molecule is Cc1ccc(C(C)(O)CNC(=O)CCc2ccccc2F)o1. The van der Waals surface area contributed by atoms with Crippen LogP contribution in [0.5, 0.6) is 0 Å². The van der Waals surface area contributed by atoms with E-state index in [0.29, 0.717) is 23.5 Å². The average Bonchev–Trinajstić information content (AvgIpc) is 2.92. The number of hydrogen-bond acceptors (Lipinski definition) is 3. The van der Waals surface area contributed by atoms with Gasteiger partial charge in [-0.05, 0) is 44.0 Å². The Morgan fingerprint density at radius 2 is 2.05 bits per heavy atom. The van der Waals surface area contributed by atoms with Gasteiger partial charge < -0.3 is 14.8 Å². The molecule has 0 aliphatic heterocycles. The van der Waals surface area contributed by atoms with E-state index in [-0.39, 0.29) is 24.7 Å². The first kappa shape index (κ1) is 16.2. The Bertz CT molecular complexity index is 649. The molecule has 0 radical (unpaired) electrons. The smallest absolute Gasteiger partial charge is 0.220 e. The molecule has 22 heavy (non-hydrogen) atoms. The van der Waals surface area contributed by atoms with Gasteiger partial charge in [0.25, 0.3) is 0 Å². The van der Waals surface area contributed by atoms with Crippen LogP contribution in [0, 0.1) is 12.7 Å². The summed E-state index contributed by atoms with van der Waals surface area (Å²) in [5, 5.41) is 13.0. The minimum absolute atomic E-state index is 0.0378. The van der Waals surface area contributed by atoms with Gasteiger partial charge in [-0.25, -0.2) is 4.39 Å². The van der Waals surface area contributed by atoms with Crippen LogP contribution in [0.3, 0.4) is 0 Å². The van der Waals surface area contributed by atoms with Crippen molar-refractivity contribution in [3.63, 3.8) is 0 Å². The summed E-state index contributed by atoms with van der Waals surface area (Å²) in [4.78, 5) is 11.8. The van der Waals surface area contributed by atoms with E-state index in [1.165, 1.54) is 6.07 Å². The highest BCUT2D eigenvalue weighted by Crippen LogP contribution is 2.22. The van der Waals surface area contributed by atoms with Gasteiger partial charge in [-0.2, -0.15) is 0 Å². The number of carbonyl (C=O) groups is 1. The van der Waals surface area contributed by atoms with Crippen LogP contribution in [-0.4, -0.2) is 17.6 Å². The molecule has 1 amide bonds. The third-order valence-corrected chi connectivity index (χ3v) is 3.48. The maximum absolute atomic E-state index is 13.5. The van der Waals surface area contributed by atoms with Crippen molar-refractivity contribution in [3.05, 3.63) is 59.3 Å². The van der Waals surface area contributed by atoms with Crippen molar-refractivity contribution < 1.29 is 18.7 Å². The predicted octanol–water partition coefficient (Wildman–Crippen LogP) is 2.68. The van der Waals surface area contributed by atoms with Crippen LogP contribution in [0.1, 0.15) is 30.4 Å². The minimum Gasteiger partial charge on any atom is -0.463 e. The van der Waals surface area contributed by atoms with E-state index in [4.69, 9.17) is 4.42 Å². The number of halogens is 1. The maximum atomic E-state index is 13.5. The summed E-state index contributed by atoms with van der Waals surface area (Å²) in [7, 11) is 0. The van der Waals surface area contributed by atoms with Gasteiger partial charge in [0.05, 0.1) is 6.54 Å². The van der Waals surface area contributed by atoms with Gasteiger partial charge in [0.15, 0.2) is 0 Å². The molecule has 0 saturated carbocycles. The Kier molecular flexibility index (Phi) is 4.98. The van der Waals surface area contributed by atoms with Crippen molar-refractivity contribution in [1.29, 1.82) is 0 Å². The number of furan rings is 1. The Labute approximate surface area is 129 Å². The molecule has 1 aromatic heterocycles. The number of amides is 1. The first-order valence-electron chi connectivity index (χ1n) is 7.18. The molecule has 0 fully saturated rings. The fraction of sp³-hybridized carbons (Fsp3) is 0.353. The quantitative estimate of drug-likeness (QED) is 0.862. The van der Waals surface area contributed by atoms with Crippen LogP contribution < -0.4 is 5.32 Å². The molecule has 2 aromatic rings. The summed E-state index contributed by atoms with van der Waals surface area (Å²) in [6, 6.07) is 9.81. The van der Waals surface area contributed by atoms with E-state index in [1.807, 2.05) is 0 Å². The van der Waals surface area contributed by atoms with Crippen molar-refractivity contribution in [1.82, 2.24) is 5.32 Å². The number of rotatable bonds is 6. The van der Waals surface area contributed by atoms with E-state index in [9.17, 15) is 14.3 Å². The monoisotopic (exact) mass is 305 g/mol. The summed E-state index contributed by atoms with van der Waals surface area (Å²) in [6.07, 6.45) is 0.481. The highest BCUT2D eigenvalue weighted by Gasteiger charge is 2.27. The van der Waals surface area contributed by atoms with Crippen LogP contribution >= 0.6 is 0 Å². The largest absolute Gasteiger partial charge is 0.463 e. The Balaban J connectivity index is 1.84. The molecule has 2 N–H and O–H groups in total.